The molecule has 0 spiro atoms. The molecule has 0 radical (unpaired) electrons. The van der Waals surface area contributed by atoms with E-state index < -0.39 is 11.8 Å². The van der Waals surface area contributed by atoms with Crippen LogP contribution in [-0.2, 0) is 6.54 Å². The molecular weight excluding hydrogens is 271 g/mol. The van der Waals surface area contributed by atoms with Crippen LogP contribution < -0.4 is 0 Å². The molecule has 0 bridgehead atoms. The molecule has 2 rings (SSSR count). The molecule has 4 nitrogen and oxygen atoms in total. The monoisotopic (exact) mass is 282 g/mol. The summed E-state index contributed by atoms with van der Waals surface area (Å²) in [5.41, 5.74) is 1.81. The molecule has 1 aromatic heterocycles. The summed E-state index contributed by atoms with van der Waals surface area (Å²) in [6.45, 7) is 3.96. The molecule has 0 fully saturated rings. The second-order valence-corrected chi connectivity index (χ2v) is 4.64. The Balaban J connectivity index is 2.36. The lowest BCUT2D eigenvalue weighted by Crippen LogP contribution is -2.07. The van der Waals surface area contributed by atoms with Crippen molar-refractivity contribution >= 4 is 17.6 Å². The molecule has 0 saturated carbocycles. The fraction of sp³-hybridized carbons (Fsp3) is 0.231. The molecule has 1 heterocycles. The van der Waals surface area contributed by atoms with Gasteiger partial charge >= 0.3 is 5.97 Å². The van der Waals surface area contributed by atoms with Crippen LogP contribution in [0.1, 0.15) is 27.3 Å². The third kappa shape index (κ3) is 2.61. The third-order valence-corrected chi connectivity index (χ3v) is 3.43. The Hall–Kier alpha value is -1.88. The zero-order valence-electron chi connectivity index (χ0n) is 10.4. The predicted octanol–water partition coefficient (Wildman–Crippen LogP) is 3.04. The summed E-state index contributed by atoms with van der Waals surface area (Å²) in [5.74, 6) is -2.03. The number of hydrogen-bond donors (Lipinski definition) is 1. The van der Waals surface area contributed by atoms with Gasteiger partial charge < -0.3 is 5.11 Å². The summed E-state index contributed by atoms with van der Waals surface area (Å²) < 4.78 is 14.9. The van der Waals surface area contributed by atoms with Gasteiger partial charge in [0.1, 0.15) is 5.82 Å². The van der Waals surface area contributed by atoms with Crippen molar-refractivity contribution in [1.82, 2.24) is 9.78 Å². The molecule has 0 aliphatic carbocycles. The van der Waals surface area contributed by atoms with E-state index >= 15 is 0 Å². The number of halogens is 2. The first-order valence-electron chi connectivity index (χ1n) is 5.61. The van der Waals surface area contributed by atoms with Crippen LogP contribution in [0.15, 0.2) is 18.2 Å². The van der Waals surface area contributed by atoms with Gasteiger partial charge in [-0.05, 0) is 31.5 Å². The van der Waals surface area contributed by atoms with Gasteiger partial charge in [-0.1, -0.05) is 17.7 Å². The number of carbonyl (C=O) groups is 1. The molecule has 1 N–H and O–H groups in total. The second-order valence-electron chi connectivity index (χ2n) is 4.26. The first-order valence-corrected chi connectivity index (χ1v) is 5.99. The maximum absolute atomic E-state index is 13.3. The lowest BCUT2D eigenvalue weighted by atomic mass is 10.1. The molecule has 0 aliphatic heterocycles. The molecule has 0 saturated heterocycles. The third-order valence-electron chi connectivity index (χ3n) is 2.89. The topological polar surface area (TPSA) is 55.1 Å². The van der Waals surface area contributed by atoms with Gasteiger partial charge in [-0.2, -0.15) is 5.10 Å². The smallest absolute Gasteiger partial charge is 0.338 e. The highest BCUT2D eigenvalue weighted by molar-refractivity contribution is 6.31. The Labute approximate surface area is 114 Å². The zero-order chi connectivity index (χ0) is 14.2. The van der Waals surface area contributed by atoms with E-state index in [0.717, 1.165) is 11.8 Å². The van der Waals surface area contributed by atoms with Gasteiger partial charge in [0.15, 0.2) is 0 Å². The summed E-state index contributed by atoms with van der Waals surface area (Å²) in [5, 5.41) is 13.7. The molecule has 0 amide bonds. The highest BCUT2D eigenvalue weighted by atomic mass is 35.5. The van der Waals surface area contributed by atoms with Crippen LogP contribution in [0.5, 0.6) is 0 Å². The number of nitrogens with zero attached hydrogens (tertiary/aromatic N) is 2. The average Bonchev–Trinajstić information content (AvgIpc) is 2.59. The Bertz CT molecular complexity index is 652. The first-order chi connectivity index (χ1) is 8.90. The molecule has 19 heavy (non-hydrogen) atoms. The van der Waals surface area contributed by atoms with Gasteiger partial charge in [0.05, 0.1) is 28.5 Å². The Morgan fingerprint density at radius 3 is 2.68 bits per heavy atom. The van der Waals surface area contributed by atoms with Crippen LogP contribution in [0.4, 0.5) is 4.39 Å². The largest absolute Gasteiger partial charge is 0.478 e. The van der Waals surface area contributed by atoms with Crippen LogP contribution in [0.3, 0.4) is 0 Å². The Morgan fingerprint density at radius 1 is 1.47 bits per heavy atom. The van der Waals surface area contributed by atoms with E-state index in [1.54, 1.807) is 11.6 Å². The van der Waals surface area contributed by atoms with Crippen molar-refractivity contribution in [2.45, 2.75) is 20.4 Å². The predicted molar refractivity (Wildman–Crippen MR) is 69.2 cm³/mol. The highest BCUT2D eigenvalue weighted by Gasteiger charge is 2.13. The Kier molecular flexibility index (Phi) is 3.57. The van der Waals surface area contributed by atoms with Crippen LogP contribution in [-0.4, -0.2) is 20.9 Å². The van der Waals surface area contributed by atoms with Crippen molar-refractivity contribution in [2.75, 3.05) is 0 Å². The minimum absolute atomic E-state index is 0.342. The number of aromatic nitrogens is 2. The van der Waals surface area contributed by atoms with Crippen molar-refractivity contribution in [2.24, 2.45) is 0 Å². The minimum atomic E-state index is -1.29. The van der Waals surface area contributed by atoms with Crippen molar-refractivity contribution in [1.29, 1.82) is 0 Å². The van der Waals surface area contributed by atoms with Crippen molar-refractivity contribution in [3.05, 3.63) is 51.6 Å². The van der Waals surface area contributed by atoms with E-state index in [1.807, 2.05) is 6.92 Å². The summed E-state index contributed by atoms with van der Waals surface area (Å²) in [6, 6.07) is 3.99. The number of carboxylic acid groups (broad SMARTS) is 1. The molecule has 1 aromatic carbocycles. The van der Waals surface area contributed by atoms with Gasteiger partial charge in [0.25, 0.3) is 0 Å². The van der Waals surface area contributed by atoms with Crippen LogP contribution in [0, 0.1) is 19.7 Å². The van der Waals surface area contributed by atoms with Gasteiger partial charge in [-0.15, -0.1) is 0 Å². The summed E-state index contributed by atoms with van der Waals surface area (Å²) in [7, 11) is 0. The molecule has 2 aromatic rings. The highest BCUT2D eigenvalue weighted by Crippen LogP contribution is 2.20. The van der Waals surface area contributed by atoms with E-state index in [1.165, 1.54) is 12.1 Å². The van der Waals surface area contributed by atoms with Crippen molar-refractivity contribution < 1.29 is 14.3 Å². The molecular formula is C13H12ClFN2O2. The summed E-state index contributed by atoms with van der Waals surface area (Å²) in [6.07, 6.45) is 0. The zero-order valence-corrected chi connectivity index (χ0v) is 11.2. The quantitative estimate of drug-likeness (QED) is 0.941. The van der Waals surface area contributed by atoms with Gasteiger partial charge in [-0.25, -0.2) is 9.18 Å². The van der Waals surface area contributed by atoms with E-state index in [-0.39, 0.29) is 5.56 Å². The summed E-state index contributed by atoms with van der Waals surface area (Å²) in [4.78, 5) is 10.9. The SMILES string of the molecule is Cc1nn(Cc2ccc(F)c(C(=O)O)c2)c(C)c1Cl. The fourth-order valence-electron chi connectivity index (χ4n) is 1.84. The number of aromatic carboxylic acids is 1. The maximum Gasteiger partial charge on any atom is 0.338 e. The summed E-state index contributed by atoms with van der Waals surface area (Å²) >= 11 is 6.03. The number of benzene rings is 1. The maximum atomic E-state index is 13.3. The molecule has 0 unspecified atom stereocenters. The van der Waals surface area contributed by atoms with Crippen molar-refractivity contribution in [3.8, 4) is 0 Å². The fourth-order valence-corrected chi connectivity index (χ4v) is 1.97. The number of rotatable bonds is 3. The lowest BCUT2D eigenvalue weighted by Gasteiger charge is -2.06. The molecule has 0 aliphatic rings. The van der Waals surface area contributed by atoms with E-state index in [0.29, 0.717) is 22.8 Å². The van der Waals surface area contributed by atoms with Gasteiger partial charge in [0.2, 0.25) is 0 Å². The van der Waals surface area contributed by atoms with Crippen LogP contribution in [0.25, 0.3) is 0 Å². The molecule has 0 atom stereocenters. The Morgan fingerprint density at radius 2 is 2.16 bits per heavy atom. The van der Waals surface area contributed by atoms with E-state index in [4.69, 9.17) is 16.7 Å². The van der Waals surface area contributed by atoms with E-state index in [9.17, 15) is 9.18 Å². The standard InChI is InChI=1S/C13H12ClFN2O2/c1-7-12(14)8(2)17(16-7)6-9-3-4-11(15)10(5-9)13(18)19/h3-5H,6H2,1-2H3,(H,18,19). The molecule has 6 heteroatoms. The average molecular weight is 283 g/mol. The van der Waals surface area contributed by atoms with E-state index in [2.05, 4.69) is 5.10 Å². The van der Waals surface area contributed by atoms with Crippen LogP contribution in [0.2, 0.25) is 5.02 Å². The number of aryl methyl sites for hydroxylation is 1. The number of hydrogen-bond acceptors (Lipinski definition) is 2. The number of carboxylic acids is 1. The van der Waals surface area contributed by atoms with Gasteiger partial charge in [0, 0.05) is 0 Å². The first kappa shape index (κ1) is 13.5. The minimum Gasteiger partial charge on any atom is -0.478 e. The second kappa shape index (κ2) is 5.01. The normalized spacial score (nSPS) is 10.7. The lowest BCUT2D eigenvalue weighted by molar-refractivity contribution is 0.0691. The van der Waals surface area contributed by atoms with Crippen LogP contribution >= 0.6 is 11.6 Å². The van der Waals surface area contributed by atoms with Gasteiger partial charge in [-0.3, -0.25) is 4.68 Å². The molecule has 100 valence electrons. The van der Waals surface area contributed by atoms with Crippen molar-refractivity contribution in [3.63, 3.8) is 0 Å².